The first-order valence-electron chi connectivity index (χ1n) is 7.91. The van der Waals surface area contributed by atoms with Crippen molar-refractivity contribution in [3.8, 4) is 0 Å². The second kappa shape index (κ2) is 5.81. The Morgan fingerprint density at radius 1 is 1.17 bits per heavy atom. The number of likely N-dealkylation sites (tertiary alicyclic amines) is 2. The Labute approximate surface area is 133 Å². The summed E-state index contributed by atoms with van der Waals surface area (Å²) in [6.45, 7) is 1.49. The van der Waals surface area contributed by atoms with E-state index in [9.17, 15) is 18.0 Å². The van der Waals surface area contributed by atoms with E-state index in [1.165, 1.54) is 13.2 Å². The van der Waals surface area contributed by atoms with Crippen LogP contribution < -0.4 is 0 Å². The average molecular weight is 330 g/mol. The van der Waals surface area contributed by atoms with Crippen molar-refractivity contribution < 1.29 is 18.0 Å². The molecule has 0 bridgehead atoms. The van der Waals surface area contributed by atoms with Crippen LogP contribution in [0.3, 0.4) is 0 Å². The van der Waals surface area contributed by atoms with Crippen molar-refractivity contribution in [3.63, 3.8) is 0 Å². The molecule has 1 aromatic heterocycles. The minimum Gasteiger partial charge on any atom is -0.334 e. The predicted molar refractivity (Wildman–Crippen MR) is 77.9 cm³/mol. The van der Waals surface area contributed by atoms with Crippen molar-refractivity contribution in [2.24, 2.45) is 7.05 Å². The van der Waals surface area contributed by atoms with E-state index in [2.05, 4.69) is 10.00 Å². The molecular formula is C15H21F3N4O. The molecule has 1 amide bonds. The Bertz CT molecular complexity index is 598. The number of hydrogen-bond acceptors (Lipinski definition) is 3. The van der Waals surface area contributed by atoms with Crippen molar-refractivity contribution in [1.29, 1.82) is 0 Å². The molecule has 8 heteroatoms. The van der Waals surface area contributed by atoms with Gasteiger partial charge in [0, 0.05) is 31.9 Å². The number of halogens is 3. The molecule has 2 aliphatic rings. The van der Waals surface area contributed by atoms with Crippen LogP contribution in [0.15, 0.2) is 6.20 Å². The van der Waals surface area contributed by atoms with E-state index in [4.69, 9.17) is 0 Å². The fourth-order valence-corrected chi connectivity index (χ4v) is 3.88. The summed E-state index contributed by atoms with van der Waals surface area (Å²) >= 11 is 0. The van der Waals surface area contributed by atoms with Gasteiger partial charge in [-0.3, -0.25) is 9.48 Å². The molecule has 0 aliphatic carbocycles. The Hall–Kier alpha value is -1.57. The number of rotatable bonds is 2. The number of amides is 1. The lowest BCUT2D eigenvalue weighted by molar-refractivity contribution is -0.141. The summed E-state index contributed by atoms with van der Waals surface area (Å²) in [5.74, 6) is -0.548. The standard InChI is InChI=1S/C15H21F3N4O/c1-20-7-3-5-11(20)12-6-4-8-22(12)14(23)10-9-21(2)19-13(10)15(16,17)18/h9,11-12H,3-8H2,1-2H3/t11-,12-/m0/s1. The van der Waals surface area contributed by atoms with Gasteiger partial charge in [-0.25, -0.2) is 0 Å². The number of likely N-dealkylation sites (N-methyl/N-ethyl adjacent to an activating group) is 1. The number of aryl methyl sites for hydroxylation is 1. The maximum atomic E-state index is 13.1. The number of hydrogen-bond donors (Lipinski definition) is 0. The van der Waals surface area contributed by atoms with Crippen LogP contribution in [0.4, 0.5) is 13.2 Å². The molecule has 0 spiro atoms. The summed E-state index contributed by atoms with van der Waals surface area (Å²) in [5.41, 5.74) is -1.43. The lowest BCUT2D eigenvalue weighted by Crippen LogP contribution is -2.47. The molecule has 2 fully saturated rings. The van der Waals surface area contributed by atoms with Gasteiger partial charge < -0.3 is 9.80 Å². The van der Waals surface area contributed by atoms with E-state index in [1.54, 1.807) is 4.90 Å². The Morgan fingerprint density at radius 2 is 1.83 bits per heavy atom. The molecule has 5 nitrogen and oxygen atoms in total. The molecule has 0 unspecified atom stereocenters. The zero-order chi connectivity index (χ0) is 16.8. The zero-order valence-electron chi connectivity index (χ0n) is 13.3. The Kier molecular flexibility index (Phi) is 4.12. The minimum atomic E-state index is -4.62. The third-order valence-electron chi connectivity index (χ3n) is 4.91. The summed E-state index contributed by atoms with van der Waals surface area (Å²) in [5, 5.41) is 3.45. The topological polar surface area (TPSA) is 41.4 Å². The highest BCUT2D eigenvalue weighted by Gasteiger charge is 2.43. The smallest absolute Gasteiger partial charge is 0.334 e. The first-order chi connectivity index (χ1) is 10.8. The Balaban J connectivity index is 1.88. The van der Waals surface area contributed by atoms with Crippen LogP contribution in [0.1, 0.15) is 41.7 Å². The number of aromatic nitrogens is 2. The van der Waals surface area contributed by atoms with Gasteiger partial charge in [0.15, 0.2) is 5.69 Å². The van der Waals surface area contributed by atoms with Crippen molar-refractivity contribution in [2.45, 2.75) is 43.9 Å². The first-order valence-corrected chi connectivity index (χ1v) is 7.91. The van der Waals surface area contributed by atoms with Crippen LogP contribution in [0, 0.1) is 0 Å². The van der Waals surface area contributed by atoms with Crippen LogP contribution in [0.25, 0.3) is 0 Å². The molecule has 2 saturated heterocycles. The van der Waals surface area contributed by atoms with E-state index < -0.39 is 17.8 Å². The molecule has 128 valence electrons. The number of carbonyl (C=O) groups excluding carboxylic acids is 1. The fraction of sp³-hybridized carbons (Fsp3) is 0.733. The van der Waals surface area contributed by atoms with E-state index in [0.29, 0.717) is 6.54 Å². The normalized spacial score (nSPS) is 26.2. The third-order valence-corrected chi connectivity index (χ3v) is 4.91. The minimum absolute atomic E-state index is 0.00344. The van der Waals surface area contributed by atoms with Crippen LogP contribution in [0.5, 0.6) is 0 Å². The van der Waals surface area contributed by atoms with Gasteiger partial charge in [-0.05, 0) is 39.3 Å². The van der Waals surface area contributed by atoms with Crippen molar-refractivity contribution in [2.75, 3.05) is 20.1 Å². The molecule has 0 aromatic carbocycles. The van der Waals surface area contributed by atoms with E-state index in [1.807, 2.05) is 7.05 Å². The van der Waals surface area contributed by atoms with E-state index >= 15 is 0 Å². The summed E-state index contributed by atoms with van der Waals surface area (Å²) < 4.78 is 40.4. The molecular weight excluding hydrogens is 309 g/mol. The van der Waals surface area contributed by atoms with Crippen molar-refractivity contribution in [1.82, 2.24) is 19.6 Å². The lowest BCUT2D eigenvalue weighted by atomic mass is 10.0. The van der Waals surface area contributed by atoms with Gasteiger partial charge in [0.1, 0.15) is 0 Å². The fourth-order valence-electron chi connectivity index (χ4n) is 3.88. The van der Waals surface area contributed by atoms with Crippen LogP contribution >= 0.6 is 0 Å². The molecule has 0 saturated carbocycles. The molecule has 0 N–H and O–H groups in total. The van der Waals surface area contributed by atoms with Crippen LogP contribution in [-0.2, 0) is 13.2 Å². The second-order valence-electron chi connectivity index (χ2n) is 6.46. The molecule has 23 heavy (non-hydrogen) atoms. The van der Waals surface area contributed by atoms with E-state index in [0.717, 1.165) is 36.9 Å². The highest BCUT2D eigenvalue weighted by Crippen LogP contribution is 2.34. The van der Waals surface area contributed by atoms with E-state index in [-0.39, 0.29) is 17.6 Å². The number of nitrogens with zero attached hydrogens (tertiary/aromatic N) is 4. The highest BCUT2D eigenvalue weighted by atomic mass is 19.4. The molecule has 1 aromatic rings. The van der Waals surface area contributed by atoms with Crippen LogP contribution in [0.2, 0.25) is 0 Å². The third kappa shape index (κ3) is 2.96. The number of carbonyl (C=O) groups is 1. The monoisotopic (exact) mass is 330 g/mol. The van der Waals surface area contributed by atoms with Gasteiger partial charge in [-0.1, -0.05) is 0 Å². The summed E-state index contributed by atoms with van der Waals surface area (Å²) in [6, 6.07) is 0.240. The molecule has 2 atom stereocenters. The van der Waals surface area contributed by atoms with Gasteiger partial charge in [-0.2, -0.15) is 18.3 Å². The zero-order valence-corrected chi connectivity index (χ0v) is 13.3. The summed E-state index contributed by atoms with van der Waals surface area (Å²) in [6.07, 6.45) is 0.305. The van der Waals surface area contributed by atoms with Crippen molar-refractivity contribution >= 4 is 5.91 Å². The largest absolute Gasteiger partial charge is 0.435 e. The predicted octanol–water partition coefficient (Wildman–Crippen LogP) is 2.14. The van der Waals surface area contributed by atoms with Crippen LogP contribution in [-0.4, -0.2) is 57.7 Å². The molecule has 3 heterocycles. The molecule has 2 aliphatic heterocycles. The lowest BCUT2D eigenvalue weighted by Gasteiger charge is -2.33. The Morgan fingerprint density at radius 3 is 2.43 bits per heavy atom. The quantitative estimate of drug-likeness (QED) is 0.834. The SMILES string of the molecule is CN1CCC[C@H]1[C@@H]1CCCN1C(=O)c1cn(C)nc1C(F)(F)F. The van der Waals surface area contributed by atoms with Gasteiger partial charge in [-0.15, -0.1) is 0 Å². The average Bonchev–Trinajstić information content (AvgIpc) is 3.15. The highest BCUT2D eigenvalue weighted by molar-refractivity contribution is 5.95. The molecule has 0 radical (unpaired) electrons. The van der Waals surface area contributed by atoms with Gasteiger partial charge in [0.05, 0.1) is 5.56 Å². The van der Waals surface area contributed by atoms with Gasteiger partial charge >= 0.3 is 6.18 Å². The van der Waals surface area contributed by atoms with Gasteiger partial charge in [0.2, 0.25) is 0 Å². The summed E-state index contributed by atoms with van der Waals surface area (Å²) in [7, 11) is 3.42. The van der Waals surface area contributed by atoms with Crippen molar-refractivity contribution in [3.05, 3.63) is 17.5 Å². The number of alkyl halides is 3. The van der Waals surface area contributed by atoms with Gasteiger partial charge in [0.25, 0.3) is 5.91 Å². The second-order valence-corrected chi connectivity index (χ2v) is 6.46. The summed E-state index contributed by atoms with van der Waals surface area (Å²) in [4.78, 5) is 16.6. The maximum absolute atomic E-state index is 13.1. The first kappa shape index (κ1) is 16.3. The molecule has 3 rings (SSSR count). The maximum Gasteiger partial charge on any atom is 0.435 e.